The maximum Gasteiger partial charge on any atom is 0.305 e. The van der Waals surface area contributed by atoms with Crippen molar-refractivity contribution < 1.29 is 14.7 Å². The molecule has 1 saturated carbocycles. The van der Waals surface area contributed by atoms with Crippen LogP contribution in [0.4, 0.5) is 0 Å². The van der Waals surface area contributed by atoms with Crippen LogP contribution in [-0.2, 0) is 9.59 Å². The monoisotopic (exact) mass is 293 g/mol. The van der Waals surface area contributed by atoms with Crippen LogP contribution in [0.1, 0.15) is 51.5 Å². The van der Waals surface area contributed by atoms with Crippen LogP contribution in [0.25, 0.3) is 0 Å². The second kappa shape index (κ2) is 6.28. The summed E-state index contributed by atoms with van der Waals surface area (Å²) in [5.41, 5.74) is -0.553. The number of nitrogens with zero attached hydrogens (tertiary/aromatic N) is 3. The maximum atomic E-state index is 12.7. The van der Waals surface area contributed by atoms with Gasteiger partial charge in [0.2, 0.25) is 5.91 Å². The quantitative estimate of drug-likeness (QED) is 0.902. The minimum atomic E-state index is -0.844. The van der Waals surface area contributed by atoms with E-state index < -0.39 is 17.6 Å². The molecule has 0 bridgehead atoms. The van der Waals surface area contributed by atoms with Crippen molar-refractivity contribution >= 4 is 11.9 Å². The number of amides is 1. The van der Waals surface area contributed by atoms with E-state index in [1.54, 1.807) is 42.0 Å². The number of aliphatic carboxylic acids is 1. The Balaban J connectivity index is 2.19. The molecule has 1 aromatic rings. The summed E-state index contributed by atoms with van der Waals surface area (Å²) in [6.45, 7) is 1.79. The Morgan fingerprint density at radius 1 is 1.38 bits per heavy atom. The molecular formula is C15H23N3O3. The molecule has 1 N–H and O–H groups in total. The minimum Gasteiger partial charge on any atom is -0.481 e. The highest BCUT2D eigenvalue weighted by atomic mass is 16.4. The van der Waals surface area contributed by atoms with Gasteiger partial charge in [-0.2, -0.15) is 5.10 Å². The zero-order valence-electron chi connectivity index (χ0n) is 12.7. The Hall–Kier alpha value is -1.85. The Bertz CT molecular complexity index is 492. The van der Waals surface area contributed by atoms with Crippen LogP contribution in [-0.4, -0.2) is 44.3 Å². The molecule has 0 saturated heterocycles. The summed E-state index contributed by atoms with van der Waals surface area (Å²) in [4.78, 5) is 25.6. The van der Waals surface area contributed by atoms with E-state index >= 15 is 0 Å². The number of likely N-dealkylation sites (N-methyl/N-ethyl adjacent to an activating group) is 1. The van der Waals surface area contributed by atoms with Crippen LogP contribution in [0.2, 0.25) is 0 Å². The highest BCUT2D eigenvalue weighted by Crippen LogP contribution is 2.36. The molecule has 1 amide bonds. The number of carboxylic acid groups (broad SMARTS) is 1. The molecule has 0 radical (unpaired) electrons. The van der Waals surface area contributed by atoms with Crippen LogP contribution in [0.15, 0.2) is 18.5 Å². The fraction of sp³-hybridized carbons (Fsp3) is 0.667. The van der Waals surface area contributed by atoms with Gasteiger partial charge in [0.1, 0.15) is 6.04 Å². The van der Waals surface area contributed by atoms with Crippen LogP contribution in [0.3, 0.4) is 0 Å². The second-order valence-electron chi connectivity index (χ2n) is 5.91. The van der Waals surface area contributed by atoms with E-state index in [-0.39, 0.29) is 12.3 Å². The van der Waals surface area contributed by atoms with Crippen LogP contribution < -0.4 is 0 Å². The zero-order valence-corrected chi connectivity index (χ0v) is 12.7. The molecule has 1 atom stereocenters. The molecule has 1 aliphatic carbocycles. The van der Waals surface area contributed by atoms with Gasteiger partial charge in [-0.15, -0.1) is 0 Å². The van der Waals surface area contributed by atoms with Gasteiger partial charge in [0.15, 0.2) is 0 Å². The van der Waals surface area contributed by atoms with Crippen LogP contribution in [0, 0.1) is 0 Å². The molecule has 1 aliphatic rings. The highest BCUT2D eigenvalue weighted by molar-refractivity contribution is 5.81. The largest absolute Gasteiger partial charge is 0.481 e. The number of carboxylic acids is 1. The minimum absolute atomic E-state index is 0.0149. The van der Waals surface area contributed by atoms with E-state index in [0.717, 1.165) is 32.1 Å². The topological polar surface area (TPSA) is 75.4 Å². The van der Waals surface area contributed by atoms with E-state index in [9.17, 15) is 14.7 Å². The van der Waals surface area contributed by atoms with Crippen molar-refractivity contribution in [3.05, 3.63) is 18.5 Å². The Morgan fingerprint density at radius 3 is 2.57 bits per heavy atom. The smallest absolute Gasteiger partial charge is 0.305 e. The number of hydrogen-bond donors (Lipinski definition) is 1. The lowest BCUT2D eigenvalue weighted by atomic mass is 9.78. The van der Waals surface area contributed by atoms with E-state index in [1.165, 1.54) is 0 Å². The number of carbonyl (C=O) groups excluding carboxylic acids is 1. The average Bonchev–Trinajstić information content (AvgIpc) is 2.99. The molecule has 0 aliphatic heterocycles. The summed E-state index contributed by atoms with van der Waals surface area (Å²) in [6.07, 6.45) is 7.97. The molecule has 0 aromatic carbocycles. The van der Waals surface area contributed by atoms with Gasteiger partial charge >= 0.3 is 5.97 Å². The van der Waals surface area contributed by atoms with E-state index in [2.05, 4.69) is 5.10 Å². The third kappa shape index (κ3) is 3.25. The molecule has 6 heteroatoms. The number of hydrogen-bond acceptors (Lipinski definition) is 3. The predicted octanol–water partition coefficient (Wildman–Crippen LogP) is 2.08. The molecular weight excluding hydrogens is 270 g/mol. The fourth-order valence-corrected chi connectivity index (χ4v) is 3.26. The van der Waals surface area contributed by atoms with E-state index in [0.29, 0.717) is 0 Å². The highest BCUT2D eigenvalue weighted by Gasteiger charge is 2.41. The van der Waals surface area contributed by atoms with Crippen LogP contribution >= 0.6 is 0 Å². The van der Waals surface area contributed by atoms with Gasteiger partial charge in [0.05, 0.1) is 12.0 Å². The van der Waals surface area contributed by atoms with E-state index in [4.69, 9.17) is 0 Å². The molecule has 1 heterocycles. The van der Waals surface area contributed by atoms with Crippen molar-refractivity contribution in [2.75, 3.05) is 7.05 Å². The lowest BCUT2D eigenvalue weighted by Gasteiger charge is -2.44. The van der Waals surface area contributed by atoms with Crippen molar-refractivity contribution in [3.63, 3.8) is 0 Å². The number of rotatable bonds is 5. The summed E-state index contributed by atoms with van der Waals surface area (Å²) in [7, 11) is 1.73. The summed E-state index contributed by atoms with van der Waals surface area (Å²) < 4.78 is 1.61. The van der Waals surface area contributed by atoms with Crippen molar-refractivity contribution in [1.82, 2.24) is 14.7 Å². The van der Waals surface area contributed by atoms with Crippen LogP contribution in [0.5, 0.6) is 0 Å². The summed E-state index contributed by atoms with van der Waals surface area (Å²) in [6, 6.07) is 1.36. The standard InChI is InChI=1S/C15H23N3O3/c1-12(18-10-6-9-16-18)14(21)17(2)15(11-13(19)20)7-4-3-5-8-15/h6,9-10,12H,3-5,7-8,11H2,1-2H3,(H,19,20). The molecule has 21 heavy (non-hydrogen) atoms. The van der Waals surface area contributed by atoms with Gasteiger partial charge in [-0.3, -0.25) is 14.3 Å². The third-order valence-electron chi connectivity index (χ3n) is 4.59. The molecule has 0 spiro atoms. The lowest BCUT2D eigenvalue weighted by molar-refractivity contribution is -0.147. The predicted molar refractivity (Wildman–Crippen MR) is 77.8 cm³/mol. The Morgan fingerprint density at radius 2 is 2.05 bits per heavy atom. The molecule has 1 fully saturated rings. The normalized spacial score (nSPS) is 19.0. The van der Waals surface area contributed by atoms with Gasteiger partial charge in [-0.25, -0.2) is 0 Å². The van der Waals surface area contributed by atoms with E-state index in [1.807, 2.05) is 0 Å². The van der Waals surface area contributed by atoms with Gasteiger partial charge < -0.3 is 10.0 Å². The molecule has 2 rings (SSSR count). The summed E-state index contributed by atoms with van der Waals surface area (Å²) >= 11 is 0. The fourth-order valence-electron chi connectivity index (χ4n) is 3.26. The third-order valence-corrected chi connectivity index (χ3v) is 4.59. The first-order valence-corrected chi connectivity index (χ1v) is 7.45. The maximum absolute atomic E-state index is 12.7. The van der Waals surface area contributed by atoms with Crippen molar-refractivity contribution in [3.8, 4) is 0 Å². The molecule has 6 nitrogen and oxygen atoms in total. The first-order chi connectivity index (χ1) is 9.96. The van der Waals surface area contributed by atoms with Gasteiger partial charge in [0.25, 0.3) is 0 Å². The Labute approximate surface area is 124 Å². The number of aromatic nitrogens is 2. The van der Waals surface area contributed by atoms with Gasteiger partial charge in [-0.05, 0) is 25.8 Å². The summed E-state index contributed by atoms with van der Waals surface area (Å²) in [5.74, 6) is -0.926. The lowest BCUT2D eigenvalue weighted by Crippen LogP contribution is -2.53. The summed E-state index contributed by atoms with van der Waals surface area (Å²) in [5, 5.41) is 13.3. The van der Waals surface area contributed by atoms with Crippen molar-refractivity contribution in [1.29, 1.82) is 0 Å². The number of carbonyl (C=O) groups is 2. The Kier molecular flexibility index (Phi) is 4.65. The second-order valence-corrected chi connectivity index (χ2v) is 5.91. The molecule has 1 aromatic heterocycles. The van der Waals surface area contributed by atoms with Gasteiger partial charge in [0, 0.05) is 19.4 Å². The molecule has 1 unspecified atom stereocenters. The van der Waals surface area contributed by atoms with Crippen molar-refractivity contribution in [2.45, 2.75) is 57.0 Å². The SMILES string of the molecule is CC(C(=O)N(C)C1(CC(=O)O)CCCCC1)n1cccn1. The first kappa shape index (κ1) is 15.5. The van der Waals surface area contributed by atoms with Crippen molar-refractivity contribution in [2.24, 2.45) is 0 Å². The first-order valence-electron chi connectivity index (χ1n) is 7.45. The average molecular weight is 293 g/mol. The van der Waals surface area contributed by atoms with Gasteiger partial charge in [-0.1, -0.05) is 19.3 Å². The zero-order chi connectivity index (χ0) is 15.5. The molecule has 116 valence electrons.